The number of nitrogens with one attached hydrogen (secondary N) is 1. The Balaban J connectivity index is 1.98. The van der Waals surface area contributed by atoms with Gasteiger partial charge in [-0.3, -0.25) is 0 Å². The van der Waals surface area contributed by atoms with E-state index in [4.69, 9.17) is 4.42 Å². The van der Waals surface area contributed by atoms with Gasteiger partial charge in [-0.2, -0.15) is 4.98 Å². The molecule has 0 spiro atoms. The number of anilines is 1. The maximum absolute atomic E-state index is 12.8. The van der Waals surface area contributed by atoms with Gasteiger partial charge in [0.15, 0.2) is 0 Å². The van der Waals surface area contributed by atoms with Crippen molar-refractivity contribution in [1.82, 2.24) is 4.98 Å². The summed E-state index contributed by atoms with van der Waals surface area (Å²) in [7, 11) is -2.17. The zero-order valence-corrected chi connectivity index (χ0v) is 14.7. The number of hydrogen-bond donors (Lipinski definition) is 1. The van der Waals surface area contributed by atoms with Gasteiger partial charge in [-0.05, 0) is 30.7 Å². The van der Waals surface area contributed by atoms with Gasteiger partial charge in [-0.15, -0.1) is 0 Å². The third kappa shape index (κ3) is 3.64. The first-order valence-electron chi connectivity index (χ1n) is 7.74. The van der Waals surface area contributed by atoms with Crippen LogP contribution in [0.4, 0.5) is 5.88 Å². The largest absolute Gasteiger partial charge is 0.420 e. The Hall–Kier alpha value is -2.86. The van der Waals surface area contributed by atoms with E-state index in [1.165, 1.54) is 0 Å². The monoisotopic (exact) mass is 354 g/mol. The molecule has 5 nitrogen and oxygen atoms in total. The molecule has 128 valence electrons. The van der Waals surface area contributed by atoms with E-state index in [-0.39, 0.29) is 21.7 Å². The topological polar surface area (TPSA) is 72.2 Å². The minimum atomic E-state index is -3.76. The highest BCUT2D eigenvalue weighted by Crippen LogP contribution is 2.28. The average molecular weight is 354 g/mol. The summed E-state index contributed by atoms with van der Waals surface area (Å²) in [5.74, 6) is 0.340. The molecule has 0 saturated carbocycles. The molecule has 25 heavy (non-hydrogen) atoms. The molecule has 3 aromatic rings. The van der Waals surface area contributed by atoms with Crippen LogP contribution in [0.5, 0.6) is 0 Å². The van der Waals surface area contributed by atoms with Crippen LogP contribution < -0.4 is 5.32 Å². The number of aromatic nitrogens is 1. The second kappa shape index (κ2) is 6.94. The Morgan fingerprint density at radius 1 is 1.00 bits per heavy atom. The van der Waals surface area contributed by atoms with E-state index in [0.29, 0.717) is 0 Å². The van der Waals surface area contributed by atoms with Gasteiger partial charge in [0.25, 0.3) is 0 Å². The molecule has 0 bridgehead atoms. The van der Waals surface area contributed by atoms with E-state index in [9.17, 15) is 8.42 Å². The molecule has 1 aromatic heterocycles. The summed E-state index contributed by atoms with van der Waals surface area (Å²) in [5, 5.41) is 2.64. The number of nitrogens with zero attached hydrogens (tertiary/aromatic N) is 1. The van der Waals surface area contributed by atoms with Crippen LogP contribution in [0.15, 0.2) is 68.9 Å². The Kier molecular flexibility index (Phi) is 4.72. The second-order valence-electron chi connectivity index (χ2n) is 5.50. The van der Waals surface area contributed by atoms with Gasteiger partial charge in [0.1, 0.15) is 0 Å². The number of benzene rings is 2. The summed E-state index contributed by atoms with van der Waals surface area (Å²) >= 11 is 0. The van der Waals surface area contributed by atoms with E-state index in [1.54, 1.807) is 37.4 Å². The van der Waals surface area contributed by atoms with Crippen LogP contribution >= 0.6 is 0 Å². The zero-order chi connectivity index (χ0) is 17.9. The van der Waals surface area contributed by atoms with Crippen LogP contribution in [0.3, 0.4) is 0 Å². The molecule has 0 aliphatic heterocycles. The lowest BCUT2D eigenvalue weighted by Gasteiger charge is -2.03. The maximum atomic E-state index is 12.8. The Morgan fingerprint density at radius 2 is 1.68 bits per heavy atom. The van der Waals surface area contributed by atoms with Crippen LogP contribution in [0.1, 0.15) is 17.0 Å². The van der Waals surface area contributed by atoms with Crippen molar-refractivity contribution < 1.29 is 12.8 Å². The lowest BCUT2D eigenvalue weighted by Crippen LogP contribution is -2.05. The molecule has 3 rings (SSSR count). The van der Waals surface area contributed by atoms with Gasteiger partial charge >= 0.3 is 0 Å². The smallest absolute Gasteiger partial charge is 0.233 e. The summed E-state index contributed by atoms with van der Waals surface area (Å²) in [6.07, 6.45) is 3.46. The van der Waals surface area contributed by atoms with Gasteiger partial charge in [-0.25, -0.2) is 8.42 Å². The van der Waals surface area contributed by atoms with E-state index >= 15 is 0 Å². The van der Waals surface area contributed by atoms with Crippen molar-refractivity contribution in [3.63, 3.8) is 0 Å². The molecule has 0 aliphatic rings. The molecule has 1 N–H and O–H groups in total. The van der Waals surface area contributed by atoms with Gasteiger partial charge in [0, 0.05) is 13.1 Å². The molecule has 0 fully saturated rings. The summed E-state index contributed by atoms with van der Waals surface area (Å²) < 4.78 is 31.2. The molecule has 0 unspecified atom stereocenters. The Labute approximate surface area is 147 Å². The second-order valence-corrected chi connectivity index (χ2v) is 7.36. The molecule has 2 aromatic carbocycles. The SMILES string of the molecule is CNc1oc(/C=C/c2ccccc2)nc1S(=O)(=O)c1ccc(C)cc1. The van der Waals surface area contributed by atoms with Crippen LogP contribution in [-0.2, 0) is 9.84 Å². The highest BCUT2D eigenvalue weighted by molar-refractivity contribution is 7.91. The third-order valence-corrected chi connectivity index (χ3v) is 5.32. The zero-order valence-electron chi connectivity index (χ0n) is 13.9. The predicted molar refractivity (Wildman–Crippen MR) is 98.1 cm³/mol. The van der Waals surface area contributed by atoms with Crippen molar-refractivity contribution in [1.29, 1.82) is 0 Å². The highest BCUT2D eigenvalue weighted by atomic mass is 32.2. The highest BCUT2D eigenvalue weighted by Gasteiger charge is 2.27. The molecular formula is C19H18N2O3S. The van der Waals surface area contributed by atoms with Crippen molar-refractivity contribution in [2.75, 3.05) is 12.4 Å². The van der Waals surface area contributed by atoms with E-state index in [1.807, 2.05) is 43.3 Å². The first kappa shape index (κ1) is 17.0. The van der Waals surface area contributed by atoms with Crippen LogP contribution in [0.25, 0.3) is 12.2 Å². The first-order chi connectivity index (χ1) is 12.0. The number of aryl methyl sites for hydroxylation is 1. The number of hydrogen-bond acceptors (Lipinski definition) is 5. The maximum Gasteiger partial charge on any atom is 0.233 e. The van der Waals surface area contributed by atoms with Gasteiger partial charge < -0.3 is 9.73 Å². The summed E-state index contributed by atoms with van der Waals surface area (Å²) in [6.45, 7) is 1.90. The van der Waals surface area contributed by atoms with E-state index in [2.05, 4.69) is 10.3 Å². The molecule has 0 aliphatic carbocycles. The standard InChI is InChI=1S/C19H18N2O3S/c1-14-8-11-16(12-9-14)25(22,23)19-18(20-2)24-17(21-19)13-10-15-6-4-3-5-7-15/h3-13,20H,1-2H3/b13-10+. The van der Waals surface area contributed by atoms with E-state index in [0.717, 1.165) is 11.1 Å². The van der Waals surface area contributed by atoms with E-state index < -0.39 is 9.84 Å². The number of oxazole rings is 1. The van der Waals surface area contributed by atoms with Crippen molar-refractivity contribution >= 4 is 27.9 Å². The van der Waals surface area contributed by atoms with Crippen molar-refractivity contribution in [2.24, 2.45) is 0 Å². The molecule has 0 saturated heterocycles. The fourth-order valence-corrected chi connectivity index (χ4v) is 3.61. The molecule has 0 amide bonds. The van der Waals surface area contributed by atoms with Gasteiger partial charge in [0.05, 0.1) is 4.90 Å². The Bertz CT molecular complexity index is 989. The molecule has 6 heteroatoms. The first-order valence-corrected chi connectivity index (χ1v) is 9.22. The summed E-state index contributed by atoms with van der Waals surface area (Å²) in [5.41, 5.74) is 1.95. The van der Waals surface area contributed by atoms with Crippen molar-refractivity contribution in [3.8, 4) is 0 Å². The minimum absolute atomic E-state index is 0.119. The molecule has 0 radical (unpaired) electrons. The fourth-order valence-electron chi connectivity index (χ4n) is 2.29. The average Bonchev–Trinajstić information content (AvgIpc) is 3.05. The quantitative estimate of drug-likeness (QED) is 0.749. The summed E-state index contributed by atoms with van der Waals surface area (Å²) in [6, 6.07) is 16.3. The van der Waals surface area contributed by atoms with Crippen LogP contribution in [0, 0.1) is 6.92 Å². The Morgan fingerprint density at radius 3 is 2.32 bits per heavy atom. The number of sulfone groups is 1. The predicted octanol–water partition coefficient (Wildman–Crippen LogP) is 4.03. The third-order valence-electron chi connectivity index (χ3n) is 3.64. The molecular weight excluding hydrogens is 336 g/mol. The van der Waals surface area contributed by atoms with Crippen LogP contribution in [-0.4, -0.2) is 20.4 Å². The van der Waals surface area contributed by atoms with Crippen LogP contribution in [0.2, 0.25) is 0 Å². The minimum Gasteiger partial charge on any atom is -0.420 e. The lowest BCUT2D eigenvalue weighted by atomic mass is 10.2. The lowest BCUT2D eigenvalue weighted by molar-refractivity contribution is 0.558. The van der Waals surface area contributed by atoms with Gasteiger partial charge in [-0.1, -0.05) is 48.0 Å². The molecule has 0 atom stereocenters. The van der Waals surface area contributed by atoms with Crippen molar-refractivity contribution in [3.05, 3.63) is 71.6 Å². The van der Waals surface area contributed by atoms with Gasteiger partial charge in [0.2, 0.25) is 26.6 Å². The number of rotatable bonds is 5. The molecule has 1 heterocycles. The van der Waals surface area contributed by atoms with Crippen molar-refractivity contribution in [2.45, 2.75) is 16.8 Å². The summed E-state index contributed by atoms with van der Waals surface area (Å²) in [4.78, 5) is 4.34. The normalized spacial score (nSPS) is 11.8. The fraction of sp³-hybridized carbons (Fsp3) is 0.105.